The topological polar surface area (TPSA) is 43.1 Å². The molecule has 0 spiro atoms. The van der Waals surface area contributed by atoms with Gasteiger partial charge >= 0.3 is 0 Å². The molecule has 0 amide bonds. The van der Waals surface area contributed by atoms with Gasteiger partial charge in [0.15, 0.2) is 5.78 Å². The molecule has 2 aromatic carbocycles. The van der Waals surface area contributed by atoms with E-state index < -0.39 is 0 Å². The molecule has 2 heteroatoms. The van der Waals surface area contributed by atoms with Gasteiger partial charge in [-0.2, -0.15) is 0 Å². The van der Waals surface area contributed by atoms with E-state index in [1.807, 2.05) is 32.9 Å². The SMILES string of the molecule is Cc1ccc(N)c(C(=O)c2c(C)c(C)c(C)c(C)c2C)c1. The second-order valence-electron chi connectivity index (χ2n) is 5.92. The van der Waals surface area contributed by atoms with Crippen LogP contribution in [0.2, 0.25) is 0 Å². The molecule has 110 valence electrons. The Morgan fingerprint density at radius 1 is 0.810 bits per heavy atom. The van der Waals surface area contributed by atoms with Crippen molar-refractivity contribution in [3.63, 3.8) is 0 Å². The smallest absolute Gasteiger partial charge is 0.195 e. The molecule has 0 aliphatic carbocycles. The Bertz CT molecular complexity index is 713. The van der Waals surface area contributed by atoms with Crippen molar-refractivity contribution < 1.29 is 4.79 Å². The molecule has 0 aromatic heterocycles. The van der Waals surface area contributed by atoms with E-state index >= 15 is 0 Å². The minimum absolute atomic E-state index is 0.0254. The van der Waals surface area contributed by atoms with Gasteiger partial charge in [0, 0.05) is 16.8 Å². The summed E-state index contributed by atoms with van der Waals surface area (Å²) in [6, 6.07) is 5.61. The van der Waals surface area contributed by atoms with Gasteiger partial charge in [0.2, 0.25) is 0 Å². The van der Waals surface area contributed by atoms with Crippen LogP contribution in [0.3, 0.4) is 0 Å². The average molecular weight is 281 g/mol. The van der Waals surface area contributed by atoms with E-state index in [1.165, 1.54) is 16.7 Å². The first kappa shape index (κ1) is 15.3. The molecule has 0 saturated carbocycles. The molecule has 2 aromatic rings. The van der Waals surface area contributed by atoms with Gasteiger partial charge in [-0.1, -0.05) is 11.6 Å². The van der Waals surface area contributed by atoms with Crippen LogP contribution in [0, 0.1) is 41.5 Å². The molecule has 0 aliphatic rings. The first-order valence-corrected chi connectivity index (χ1v) is 7.23. The number of carbonyl (C=O) groups is 1. The summed E-state index contributed by atoms with van der Waals surface area (Å²) < 4.78 is 0. The van der Waals surface area contributed by atoms with Gasteiger partial charge in [-0.05, 0) is 81.5 Å². The van der Waals surface area contributed by atoms with Gasteiger partial charge in [-0.25, -0.2) is 0 Å². The minimum Gasteiger partial charge on any atom is -0.398 e. The average Bonchev–Trinajstić information content (AvgIpc) is 2.45. The number of rotatable bonds is 2. The highest BCUT2D eigenvalue weighted by Gasteiger charge is 2.21. The number of nitrogens with two attached hydrogens (primary N) is 1. The molecule has 0 radical (unpaired) electrons. The molecule has 0 saturated heterocycles. The van der Waals surface area contributed by atoms with Crippen LogP contribution in [0.25, 0.3) is 0 Å². The van der Waals surface area contributed by atoms with E-state index in [2.05, 4.69) is 20.8 Å². The van der Waals surface area contributed by atoms with Crippen LogP contribution in [0.5, 0.6) is 0 Å². The zero-order valence-corrected chi connectivity index (χ0v) is 13.7. The van der Waals surface area contributed by atoms with Gasteiger partial charge in [0.05, 0.1) is 0 Å². The molecule has 0 heterocycles. The molecule has 2 rings (SSSR count). The molecule has 0 unspecified atom stereocenters. The lowest BCUT2D eigenvalue weighted by Crippen LogP contribution is -2.12. The highest BCUT2D eigenvalue weighted by Crippen LogP contribution is 2.29. The van der Waals surface area contributed by atoms with Crippen molar-refractivity contribution in [3.05, 3.63) is 62.7 Å². The van der Waals surface area contributed by atoms with Crippen LogP contribution < -0.4 is 5.73 Å². The quantitative estimate of drug-likeness (QED) is 0.657. The summed E-state index contributed by atoms with van der Waals surface area (Å²) in [6.45, 7) is 12.3. The number of anilines is 1. The van der Waals surface area contributed by atoms with Crippen LogP contribution in [0.4, 0.5) is 5.69 Å². The maximum atomic E-state index is 13.0. The molecule has 0 fully saturated rings. The fraction of sp³-hybridized carbons (Fsp3) is 0.316. The zero-order valence-electron chi connectivity index (χ0n) is 13.7. The van der Waals surface area contributed by atoms with Crippen molar-refractivity contribution in [2.24, 2.45) is 0 Å². The third-order valence-corrected chi connectivity index (χ3v) is 4.68. The molecular formula is C19H23NO. The van der Waals surface area contributed by atoms with Crippen molar-refractivity contribution in [2.75, 3.05) is 5.73 Å². The molecule has 0 aliphatic heterocycles. The lowest BCUT2D eigenvalue weighted by Gasteiger charge is -2.18. The summed E-state index contributed by atoms with van der Waals surface area (Å²) in [5, 5.41) is 0. The molecule has 21 heavy (non-hydrogen) atoms. The van der Waals surface area contributed by atoms with Crippen LogP contribution >= 0.6 is 0 Å². The van der Waals surface area contributed by atoms with E-state index in [-0.39, 0.29) is 5.78 Å². The summed E-state index contributed by atoms with van der Waals surface area (Å²) in [5.41, 5.74) is 14.8. The van der Waals surface area contributed by atoms with E-state index in [4.69, 9.17) is 5.73 Å². The van der Waals surface area contributed by atoms with Crippen molar-refractivity contribution in [3.8, 4) is 0 Å². The number of benzene rings is 2. The third-order valence-electron chi connectivity index (χ3n) is 4.68. The van der Waals surface area contributed by atoms with Crippen molar-refractivity contribution in [1.82, 2.24) is 0 Å². The highest BCUT2D eigenvalue weighted by atomic mass is 16.1. The first-order valence-electron chi connectivity index (χ1n) is 7.23. The number of hydrogen-bond donors (Lipinski definition) is 1. The summed E-state index contributed by atoms with van der Waals surface area (Å²) in [7, 11) is 0. The second kappa shape index (κ2) is 5.36. The van der Waals surface area contributed by atoms with Crippen molar-refractivity contribution in [1.29, 1.82) is 0 Å². The summed E-state index contributed by atoms with van der Waals surface area (Å²) in [6.07, 6.45) is 0. The Hall–Kier alpha value is -2.09. The molecular weight excluding hydrogens is 258 g/mol. The largest absolute Gasteiger partial charge is 0.398 e. The zero-order chi connectivity index (χ0) is 15.9. The van der Waals surface area contributed by atoms with E-state index in [1.54, 1.807) is 6.07 Å². The Balaban J connectivity index is 2.73. The molecule has 2 nitrogen and oxygen atoms in total. The summed E-state index contributed by atoms with van der Waals surface area (Å²) >= 11 is 0. The van der Waals surface area contributed by atoms with Crippen LogP contribution in [0.1, 0.15) is 49.3 Å². The number of carbonyl (C=O) groups excluding carboxylic acids is 1. The third kappa shape index (κ3) is 2.46. The summed E-state index contributed by atoms with van der Waals surface area (Å²) in [5.74, 6) is 0.0254. The Kier molecular flexibility index (Phi) is 3.91. The van der Waals surface area contributed by atoms with E-state index in [9.17, 15) is 4.79 Å². The lowest BCUT2D eigenvalue weighted by atomic mass is 9.85. The standard InChI is InChI=1S/C19H23NO/c1-10-7-8-17(20)16(9-10)19(21)18-14(5)12(3)11(2)13(4)15(18)6/h7-9H,20H2,1-6H3. The maximum absolute atomic E-state index is 13.0. The lowest BCUT2D eigenvalue weighted by molar-refractivity contribution is 0.103. The Labute approximate surface area is 127 Å². The number of nitrogen functional groups attached to an aromatic ring is 1. The van der Waals surface area contributed by atoms with Gasteiger partial charge in [-0.15, -0.1) is 0 Å². The first-order chi connectivity index (χ1) is 9.75. The van der Waals surface area contributed by atoms with Gasteiger partial charge in [-0.3, -0.25) is 4.79 Å². The van der Waals surface area contributed by atoms with Crippen molar-refractivity contribution in [2.45, 2.75) is 41.5 Å². The monoisotopic (exact) mass is 281 g/mol. The predicted molar refractivity (Wildman–Crippen MR) is 89.2 cm³/mol. The van der Waals surface area contributed by atoms with Gasteiger partial charge < -0.3 is 5.73 Å². The fourth-order valence-corrected chi connectivity index (χ4v) is 2.84. The highest BCUT2D eigenvalue weighted by molar-refractivity contribution is 6.14. The minimum atomic E-state index is 0.0254. The Morgan fingerprint density at radius 3 is 1.81 bits per heavy atom. The normalized spacial score (nSPS) is 10.8. The molecule has 0 atom stereocenters. The fourth-order valence-electron chi connectivity index (χ4n) is 2.84. The number of hydrogen-bond acceptors (Lipinski definition) is 2. The second-order valence-corrected chi connectivity index (χ2v) is 5.92. The summed E-state index contributed by atoms with van der Waals surface area (Å²) in [4.78, 5) is 13.0. The van der Waals surface area contributed by atoms with Crippen molar-refractivity contribution >= 4 is 11.5 Å². The van der Waals surface area contributed by atoms with Crippen LogP contribution in [0.15, 0.2) is 18.2 Å². The van der Waals surface area contributed by atoms with Crippen LogP contribution in [-0.2, 0) is 0 Å². The Morgan fingerprint density at radius 2 is 1.29 bits per heavy atom. The molecule has 0 bridgehead atoms. The predicted octanol–water partition coefficient (Wildman–Crippen LogP) is 4.35. The molecule has 2 N–H and O–H groups in total. The van der Waals surface area contributed by atoms with E-state index in [0.717, 1.165) is 22.3 Å². The number of aryl methyl sites for hydroxylation is 1. The van der Waals surface area contributed by atoms with Gasteiger partial charge in [0.1, 0.15) is 0 Å². The number of ketones is 1. The van der Waals surface area contributed by atoms with E-state index in [0.29, 0.717) is 11.3 Å². The van der Waals surface area contributed by atoms with Gasteiger partial charge in [0.25, 0.3) is 0 Å². The maximum Gasteiger partial charge on any atom is 0.195 e. The van der Waals surface area contributed by atoms with Crippen LogP contribution in [-0.4, -0.2) is 5.78 Å².